The van der Waals surface area contributed by atoms with Crippen LogP contribution in [0.15, 0.2) is 70.2 Å². The van der Waals surface area contributed by atoms with Gasteiger partial charge in [0.05, 0.1) is 29.0 Å². The fourth-order valence-electron chi connectivity index (χ4n) is 2.53. The summed E-state index contributed by atoms with van der Waals surface area (Å²) < 4.78 is 33.1. The zero-order chi connectivity index (χ0) is 19.4. The quantitative estimate of drug-likeness (QED) is 0.679. The highest BCUT2D eigenvalue weighted by atomic mass is 32.2. The minimum absolute atomic E-state index is 0.149. The molecule has 3 aromatic rings. The lowest BCUT2D eigenvalue weighted by atomic mass is 10.1. The van der Waals surface area contributed by atoms with E-state index in [1.165, 1.54) is 6.26 Å². The number of nitrogens with one attached hydrogen (secondary N) is 2. The summed E-state index contributed by atoms with van der Waals surface area (Å²) in [6, 6.07) is 14.8. The van der Waals surface area contributed by atoms with E-state index >= 15 is 0 Å². The molecule has 0 spiro atoms. The van der Waals surface area contributed by atoms with E-state index in [1.54, 1.807) is 54.6 Å². The summed E-state index contributed by atoms with van der Waals surface area (Å²) in [6.45, 7) is 3.98. The predicted molar refractivity (Wildman–Crippen MR) is 103 cm³/mol. The van der Waals surface area contributed by atoms with Crippen LogP contribution in [0.2, 0.25) is 0 Å². The van der Waals surface area contributed by atoms with E-state index in [0.717, 1.165) is 11.1 Å². The molecule has 3 rings (SSSR count). The minimum atomic E-state index is -3.82. The van der Waals surface area contributed by atoms with Crippen molar-refractivity contribution in [1.29, 1.82) is 0 Å². The van der Waals surface area contributed by atoms with E-state index in [2.05, 4.69) is 10.0 Å². The van der Waals surface area contributed by atoms with Crippen LogP contribution in [-0.2, 0) is 16.6 Å². The van der Waals surface area contributed by atoms with Crippen molar-refractivity contribution in [1.82, 2.24) is 5.32 Å². The molecule has 0 unspecified atom stereocenters. The van der Waals surface area contributed by atoms with E-state index < -0.39 is 15.9 Å². The van der Waals surface area contributed by atoms with Gasteiger partial charge in [0.15, 0.2) is 0 Å². The Bertz CT molecular complexity index is 1060. The molecule has 6 nitrogen and oxygen atoms in total. The number of carbonyl (C=O) groups excluding carboxylic acids is 1. The molecule has 1 heterocycles. The fourth-order valence-corrected chi connectivity index (χ4v) is 3.70. The number of furan rings is 1. The number of aryl methyl sites for hydroxylation is 2. The SMILES string of the molecule is Cc1ccc(S(=O)(=O)Nc2ccccc2C(=O)NCc2ccco2)cc1C. The van der Waals surface area contributed by atoms with Crippen molar-refractivity contribution in [2.75, 3.05) is 4.72 Å². The van der Waals surface area contributed by atoms with Crippen LogP contribution in [0.1, 0.15) is 27.2 Å². The number of para-hydroxylation sites is 1. The number of anilines is 1. The molecule has 0 saturated carbocycles. The molecule has 1 amide bonds. The molecule has 27 heavy (non-hydrogen) atoms. The molecule has 2 aromatic carbocycles. The third-order valence-electron chi connectivity index (χ3n) is 4.21. The average molecular weight is 384 g/mol. The summed E-state index contributed by atoms with van der Waals surface area (Å²) in [5.74, 6) is 0.210. The van der Waals surface area contributed by atoms with Crippen LogP contribution < -0.4 is 10.0 Å². The van der Waals surface area contributed by atoms with Gasteiger partial charge in [0.1, 0.15) is 5.76 Å². The number of rotatable bonds is 6. The van der Waals surface area contributed by atoms with E-state index in [-0.39, 0.29) is 22.7 Å². The van der Waals surface area contributed by atoms with E-state index in [1.807, 2.05) is 13.8 Å². The first kappa shape index (κ1) is 18.7. The lowest BCUT2D eigenvalue weighted by Gasteiger charge is -2.13. The van der Waals surface area contributed by atoms with Gasteiger partial charge >= 0.3 is 0 Å². The molecule has 140 valence electrons. The number of sulfonamides is 1. The molecule has 0 aliphatic rings. The van der Waals surface area contributed by atoms with Crippen molar-refractivity contribution < 1.29 is 17.6 Å². The molecule has 0 fully saturated rings. The first-order valence-electron chi connectivity index (χ1n) is 8.36. The Balaban J connectivity index is 1.82. The second-order valence-corrected chi connectivity index (χ2v) is 7.84. The van der Waals surface area contributed by atoms with Gasteiger partial charge in [0.2, 0.25) is 0 Å². The van der Waals surface area contributed by atoms with Crippen molar-refractivity contribution in [2.24, 2.45) is 0 Å². The molecule has 0 bridgehead atoms. The van der Waals surface area contributed by atoms with Gasteiger partial charge in [-0.1, -0.05) is 18.2 Å². The Morgan fingerprint density at radius 3 is 2.48 bits per heavy atom. The zero-order valence-electron chi connectivity index (χ0n) is 15.0. The first-order valence-corrected chi connectivity index (χ1v) is 9.85. The molecule has 0 radical (unpaired) electrons. The van der Waals surface area contributed by atoms with Crippen LogP contribution in [0.3, 0.4) is 0 Å². The largest absolute Gasteiger partial charge is 0.467 e. The lowest BCUT2D eigenvalue weighted by Crippen LogP contribution is -2.24. The smallest absolute Gasteiger partial charge is 0.261 e. The Hall–Kier alpha value is -3.06. The highest BCUT2D eigenvalue weighted by molar-refractivity contribution is 7.92. The molecule has 0 saturated heterocycles. The van der Waals surface area contributed by atoms with Gasteiger partial charge in [0.25, 0.3) is 15.9 Å². The summed E-state index contributed by atoms with van der Waals surface area (Å²) >= 11 is 0. The van der Waals surface area contributed by atoms with Crippen LogP contribution in [-0.4, -0.2) is 14.3 Å². The third kappa shape index (κ3) is 4.38. The molecule has 7 heteroatoms. The summed E-state index contributed by atoms with van der Waals surface area (Å²) in [5, 5.41) is 2.72. The summed E-state index contributed by atoms with van der Waals surface area (Å²) in [4.78, 5) is 12.6. The third-order valence-corrected chi connectivity index (χ3v) is 5.57. The first-order chi connectivity index (χ1) is 12.9. The van der Waals surface area contributed by atoms with Gasteiger partial charge in [-0.25, -0.2) is 8.42 Å². The van der Waals surface area contributed by atoms with E-state index in [0.29, 0.717) is 5.76 Å². The van der Waals surface area contributed by atoms with Crippen molar-refractivity contribution in [3.05, 3.63) is 83.3 Å². The molecular formula is C20H20N2O4S. The summed E-state index contributed by atoms with van der Waals surface area (Å²) in [5.41, 5.74) is 2.33. The Kier molecular flexibility index (Phi) is 5.32. The number of hydrogen-bond acceptors (Lipinski definition) is 4. The number of carbonyl (C=O) groups is 1. The van der Waals surface area contributed by atoms with Crippen LogP contribution in [0.5, 0.6) is 0 Å². The van der Waals surface area contributed by atoms with Gasteiger partial charge in [-0.15, -0.1) is 0 Å². The monoisotopic (exact) mass is 384 g/mol. The fraction of sp³-hybridized carbons (Fsp3) is 0.150. The minimum Gasteiger partial charge on any atom is -0.467 e. The Labute approximate surface area is 158 Å². The van der Waals surface area contributed by atoms with Crippen LogP contribution in [0.4, 0.5) is 5.69 Å². The molecule has 1 aromatic heterocycles. The topological polar surface area (TPSA) is 88.4 Å². The molecule has 0 atom stereocenters. The average Bonchev–Trinajstić information content (AvgIpc) is 3.15. The van der Waals surface area contributed by atoms with Crippen molar-refractivity contribution in [3.63, 3.8) is 0 Å². The zero-order valence-corrected chi connectivity index (χ0v) is 15.8. The van der Waals surface area contributed by atoms with Gasteiger partial charge in [0, 0.05) is 0 Å². The van der Waals surface area contributed by atoms with Gasteiger partial charge in [-0.05, 0) is 61.4 Å². The second-order valence-electron chi connectivity index (χ2n) is 6.16. The van der Waals surface area contributed by atoms with Crippen molar-refractivity contribution >= 4 is 21.6 Å². The van der Waals surface area contributed by atoms with Crippen LogP contribution in [0.25, 0.3) is 0 Å². The Morgan fingerprint density at radius 2 is 1.78 bits per heavy atom. The van der Waals surface area contributed by atoms with Gasteiger partial charge < -0.3 is 9.73 Å². The maximum absolute atomic E-state index is 12.7. The highest BCUT2D eigenvalue weighted by Gasteiger charge is 2.19. The standard InChI is InChI=1S/C20H20N2O4S/c1-14-9-10-17(12-15(14)2)27(24,25)22-19-8-4-3-7-18(19)20(23)21-13-16-6-5-11-26-16/h3-12,22H,13H2,1-2H3,(H,21,23). The molecule has 0 aliphatic carbocycles. The summed E-state index contributed by atoms with van der Waals surface area (Å²) in [6.07, 6.45) is 1.52. The van der Waals surface area contributed by atoms with Crippen LogP contribution >= 0.6 is 0 Å². The van der Waals surface area contributed by atoms with Gasteiger partial charge in [-0.2, -0.15) is 0 Å². The van der Waals surface area contributed by atoms with Gasteiger partial charge in [-0.3, -0.25) is 9.52 Å². The maximum atomic E-state index is 12.7. The lowest BCUT2D eigenvalue weighted by molar-refractivity contribution is 0.0949. The highest BCUT2D eigenvalue weighted by Crippen LogP contribution is 2.22. The van der Waals surface area contributed by atoms with Crippen molar-refractivity contribution in [3.8, 4) is 0 Å². The molecular weight excluding hydrogens is 364 g/mol. The maximum Gasteiger partial charge on any atom is 0.261 e. The molecule has 2 N–H and O–H groups in total. The molecule has 0 aliphatic heterocycles. The van der Waals surface area contributed by atoms with Crippen LogP contribution in [0, 0.1) is 13.8 Å². The predicted octanol–water partition coefficient (Wildman–Crippen LogP) is 3.63. The number of benzene rings is 2. The van der Waals surface area contributed by atoms with Crippen molar-refractivity contribution in [2.45, 2.75) is 25.3 Å². The number of hydrogen-bond donors (Lipinski definition) is 2. The normalized spacial score (nSPS) is 11.2. The number of amides is 1. The van der Waals surface area contributed by atoms with E-state index in [4.69, 9.17) is 4.42 Å². The van der Waals surface area contributed by atoms with E-state index in [9.17, 15) is 13.2 Å². The Morgan fingerprint density at radius 1 is 1.00 bits per heavy atom. The second kappa shape index (κ2) is 7.67. The summed E-state index contributed by atoms with van der Waals surface area (Å²) in [7, 11) is -3.82.